The van der Waals surface area contributed by atoms with Gasteiger partial charge in [-0.3, -0.25) is 9.69 Å². The third-order valence-electron chi connectivity index (χ3n) is 4.98. The molecule has 24 heavy (non-hydrogen) atoms. The lowest BCUT2D eigenvalue weighted by atomic mass is 10.0. The van der Waals surface area contributed by atoms with Crippen molar-refractivity contribution < 1.29 is 14.4 Å². The Balaban J connectivity index is 1.70. The lowest BCUT2D eigenvalue weighted by Crippen LogP contribution is -3.15. The maximum atomic E-state index is 13.2. The Morgan fingerprint density at radius 1 is 0.917 bits per heavy atom. The van der Waals surface area contributed by atoms with Crippen molar-refractivity contribution in [2.24, 2.45) is 0 Å². The molecule has 0 spiro atoms. The molecule has 1 amide bonds. The number of para-hydroxylation sites is 2. The van der Waals surface area contributed by atoms with Crippen molar-refractivity contribution in [3.63, 3.8) is 0 Å². The van der Waals surface area contributed by atoms with E-state index in [0.29, 0.717) is 6.54 Å². The van der Waals surface area contributed by atoms with Gasteiger partial charge in [-0.1, -0.05) is 36.4 Å². The number of nitrogens with zero attached hydrogens (tertiary/aromatic N) is 1. The standard InChI is InChI=1S/C20H22N2O2/c23-20(15-21-11-13-24-14-12-21)22-18-7-3-1-5-16(18)9-10-17-6-2-4-8-19(17)22/h1-8H,9-15H2/p+1. The molecule has 0 saturated carbocycles. The smallest absolute Gasteiger partial charge is 0.286 e. The summed E-state index contributed by atoms with van der Waals surface area (Å²) in [5, 5.41) is 0. The molecule has 2 aliphatic rings. The Kier molecular flexibility index (Phi) is 4.32. The van der Waals surface area contributed by atoms with Gasteiger partial charge >= 0.3 is 0 Å². The van der Waals surface area contributed by atoms with Crippen LogP contribution in [-0.4, -0.2) is 38.8 Å². The SMILES string of the molecule is O=C(C[NH+]1CCOCC1)N1c2ccccc2CCc2ccccc21. The molecular formula is C20H23N2O2+. The number of nitrogens with one attached hydrogen (secondary N) is 1. The first-order chi connectivity index (χ1) is 11.8. The Morgan fingerprint density at radius 2 is 1.46 bits per heavy atom. The van der Waals surface area contributed by atoms with Gasteiger partial charge in [0, 0.05) is 0 Å². The van der Waals surface area contributed by atoms with Crippen molar-refractivity contribution in [2.45, 2.75) is 12.8 Å². The largest absolute Gasteiger partial charge is 0.370 e. The molecule has 1 saturated heterocycles. The predicted octanol–water partition coefficient (Wildman–Crippen LogP) is 1.37. The summed E-state index contributed by atoms with van der Waals surface area (Å²) in [7, 11) is 0. The summed E-state index contributed by atoms with van der Waals surface area (Å²) in [6.07, 6.45) is 1.95. The van der Waals surface area contributed by atoms with Crippen LogP contribution in [0.2, 0.25) is 0 Å². The predicted molar refractivity (Wildman–Crippen MR) is 93.8 cm³/mol. The average molecular weight is 323 g/mol. The van der Waals surface area contributed by atoms with E-state index in [1.54, 1.807) is 0 Å². The van der Waals surface area contributed by atoms with Crippen LogP contribution in [-0.2, 0) is 22.4 Å². The summed E-state index contributed by atoms with van der Waals surface area (Å²) in [6.45, 7) is 3.82. The second kappa shape index (κ2) is 6.75. The zero-order chi connectivity index (χ0) is 16.4. The Morgan fingerprint density at radius 3 is 2.04 bits per heavy atom. The van der Waals surface area contributed by atoms with Crippen molar-refractivity contribution >= 4 is 17.3 Å². The van der Waals surface area contributed by atoms with Crippen LogP contribution in [0.25, 0.3) is 0 Å². The lowest BCUT2D eigenvalue weighted by molar-refractivity contribution is -0.900. The highest BCUT2D eigenvalue weighted by molar-refractivity contribution is 6.02. The van der Waals surface area contributed by atoms with E-state index in [9.17, 15) is 4.79 Å². The number of rotatable bonds is 2. The highest BCUT2D eigenvalue weighted by Gasteiger charge is 2.28. The molecule has 0 radical (unpaired) electrons. The molecule has 1 fully saturated rings. The quantitative estimate of drug-likeness (QED) is 0.906. The van der Waals surface area contributed by atoms with Crippen LogP contribution in [0.5, 0.6) is 0 Å². The number of benzene rings is 2. The Hall–Kier alpha value is -2.17. The number of morpholine rings is 1. The molecule has 2 heterocycles. The summed E-state index contributed by atoms with van der Waals surface area (Å²) >= 11 is 0. The van der Waals surface area contributed by atoms with Crippen LogP contribution in [0, 0.1) is 0 Å². The number of carbonyl (C=O) groups is 1. The maximum absolute atomic E-state index is 13.2. The third-order valence-corrected chi connectivity index (χ3v) is 4.98. The zero-order valence-electron chi connectivity index (χ0n) is 13.8. The van der Waals surface area contributed by atoms with Gasteiger partial charge in [-0.2, -0.15) is 0 Å². The molecule has 1 N–H and O–H groups in total. The van der Waals surface area contributed by atoms with Crippen molar-refractivity contribution in [3.05, 3.63) is 59.7 Å². The number of anilines is 2. The van der Waals surface area contributed by atoms with Gasteiger partial charge < -0.3 is 9.64 Å². The molecule has 0 aromatic heterocycles. The maximum Gasteiger partial charge on any atom is 0.286 e. The molecular weight excluding hydrogens is 300 g/mol. The lowest BCUT2D eigenvalue weighted by Gasteiger charge is -2.28. The van der Waals surface area contributed by atoms with Gasteiger partial charge in [0.05, 0.1) is 24.6 Å². The number of hydrogen-bond acceptors (Lipinski definition) is 2. The van der Waals surface area contributed by atoms with Crippen LogP contribution in [0.4, 0.5) is 11.4 Å². The van der Waals surface area contributed by atoms with Crippen molar-refractivity contribution in [1.82, 2.24) is 0 Å². The average Bonchev–Trinajstić information content (AvgIpc) is 2.79. The molecule has 4 rings (SSSR count). The molecule has 2 aliphatic heterocycles. The molecule has 0 aliphatic carbocycles. The number of quaternary nitrogens is 1. The Bertz CT molecular complexity index is 690. The summed E-state index contributed by atoms with van der Waals surface area (Å²) in [4.78, 5) is 16.5. The van der Waals surface area contributed by atoms with E-state index in [1.807, 2.05) is 17.0 Å². The van der Waals surface area contributed by atoms with Gasteiger partial charge in [-0.05, 0) is 36.1 Å². The van der Waals surface area contributed by atoms with Crippen molar-refractivity contribution in [2.75, 3.05) is 37.7 Å². The van der Waals surface area contributed by atoms with Gasteiger partial charge in [0.25, 0.3) is 5.91 Å². The Labute approximate surface area is 142 Å². The van der Waals surface area contributed by atoms with E-state index in [-0.39, 0.29) is 5.91 Å². The monoisotopic (exact) mass is 323 g/mol. The number of amides is 1. The van der Waals surface area contributed by atoms with Gasteiger partial charge in [0.2, 0.25) is 0 Å². The molecule has 0 atom stereocenters. The first kappa shape index (κ1) is 15.4. The second-order valence-corrected chi connectivity index (χ2v) is 6.53. The normalized spacial score (nSPS) is 17.8. The molecule has 124 valence electrons. The van der Waals surface area contributed by atoms with Gasteiger partial charge in [0.1, 0.15) is 13.1 Å². The molecule has 4 nitrogen and oxygen atoms in total. The third kappa shape index (κ3) is 2.95. The van der Waals surface area contributed by atoms with Crippen molar-refractivity contribution in [1.29, 1.82) is 0 Å². The second-order valence-electron chi connectivity index (χ2n) is 6.53. The van der Waals surface area contributed by atoms with Crippen LogP contribution >= 0.6 is 0 Å². The number of aryl methyl sites for hydroxylation is 2. The summed E-state index contributed by atoms with van der Waals surface area (Å²) < 4.78 is 5.41. The fraction of sp³-hybridized carbons (Fsp3) is 0.350. The van der Waals surface area contributed by atoms with Gasteiger partial charge in [-0.15, -0.1) is 0 Å². The van der Waals surface area contributed by atoms with Crippen molar-refractivity contribution in [3.8, 4) is 0 Å². The molecule has 4 heteroatoms. The number of ether oxygens (including phenoxy) is 1. The first-order valence-electron chi connectivity index (χ1n) is 8.73. The van der Waals surface area contributed by atoms with Crippen LogP contribution in [0.3, 0.4) is 0 Å². The van der Waals surface area contributed by atoms with Crippen LogP contribution in [0.1, 0.15) is 11.1 Å². The van der Waals surface area contributed by atoms with E-state index >= 15 is 0 Å². The molecule has 2 aromatic carbocycles. The van der Waals surface area contributed by atoms with E-state index in [0.717, 1.165) is 50.5 Å². The number of carbonyl (C=O) groups excluding carboxylic acids is 1. The topological polar surface area (TPSA) is 34.0 Å². The molecule has 2 aromatic rings. The molecule has 0 bridgehead atoms. The fourth-order valence-electron chi connectivity index (χ4n) is 3.68. The fourth-order valence-corrected chi connectivity index (χ4v) is 3.68. The number of fused-ring (bicyclic) bond motifs is 2. The van der Waals surface area contributed by atoms with Gasteiger partial charge in [-0.25, -0.2) is 0 Å². The van der Waals surface area contributed by atoms with Crippen LogP contribution < -0.4 is 9.80 Å². The van der Waals surface area contributed by atoms with E-state index in [2.05, 4.69) is 36.4 Å². The highest BCUT2D eigenvalue weighted by Crippen LogP contribution is 2.35. The molecule has 0 unspecified atom stereocenters. The number of hydrogen-bond donors (Lipinski definition) is 1. The highest BCUT2D eigenvalue weighted by atomic mass is 16.5. The minimum absolute atomic E-state index is 0.175. The minimum Gasteiger partial charge on any atom is -0.370 e. The van der Waals surface area contributed by atoms with Crippen LogP contribution in [0.15, 0.2) is 48.5 Å². The van der Waals surface area contributed by atoms with E-state index < -0.39 is 0 Å². The summed E-state index contributed by atoms with van der Waals surface area (Å²) in [5.74, 6) is 0.175. The first-order valence-corrected chi connectivity index (χ1v) is 8.73. The summed E-state index contributed by atoms with van der Waals surface area (Å²) in [6, 6.07) is 16.6. The minimum atomic E-state index is 0.175. The summed E-state index contributed by atoms with van der Waals surface area (Å²) in [5.41, 5.74) is 4.58. The van der Waals surface area contributed by atoms with Gasteiger partial charge in [0.15, 0.2) is 6.54 Å². The van der Waals surface area contributed by atoms with E-state index in [4.69, 9.17) is 4.74 Å². The van der Waals surface area contributed by atoms with E-state index in [1.165, 1.54) is 16.0 Å². The zero-order valence-corrected chi connectivity index (χ0v) is 13.8.